The fourth-order valence-electron chi connectivity index (χ4n) is 1.57. The number of nitrogens with zero attached hydrogens (tertiary/aromatic N) is 1. The number of pyridine rings is 1. The van der Waals surface area contributed by atoms with Crippen molar-refractivity contribution >= 4 is 29.3 Å². The van der Waals surface area contributed by atoms with Gasteiger partial charge in [0.1, 0.15) is 21.7 Å². The molecule has 1 N–H and O–H groups in total. The monoisotopic (exact) mass is 380 g/mol. The van der Waals surface area contributed by atoms with E-state index in [9.17, 15) is 18.0 Å². The summed E-state index contributed by atoms with van der Waals surface area (Å²) in [4.78, 5) is 14.6. The van der Waals surface area contributed by atoms with Gasteiger partial charge in [-0.05, 0) is 30.3 Å². The molecule has 24 heavy (non-hydrogen) atoms. The van der Waals surface area contributed by atoms with Crippen LogP contribution in [0.5, 0.6) is 17.4 Å². The maximum absolute atomic E-state index is 12.7. The highest BCUT2D eigenvalue weighted by Gasteiger charge is 2.35. The topological polar surface area (TPSA) is 60.5 Å². The van der Waals surface area contributed by atoms with E-state index in [0.29, 0.717) is 6.07 Å². The molecule has 0 radical (unpaired) electrons. The van der Waals surface area contributed by atoms with Gasteiger partial charge in [0.05, 0.1) is 5.56 Å². The third-order valence-electron chi connectivity index (χ3n) is 2.66. The number of nitrogens with one attached hydrogen (secondary N) is 1. The van der Waals surface area contributed by atoms with E-state index in [1.165, 1.54) is 31.3 Å². The van der Waals surface area contributed by atoms with Gasteiger partial charge in [0.15, 0.2) is 0 Å². The molecule has 128 valence electrons. The van der Waals surface area contributed by atoms with Crippen molar-refractivity contribution in [1.82, 2.24) is 10.3 Å². The second-order valence-corrected chi connectivity index (χ2v) is 5.09. The molecule has 0 unspecified atom stereocenters. The van der Waals surface area contributed by atoms with Crippen LogP contribution in [0, 0.1) is 0 Å². The minimum absolute atomic E-state index is 0.212. The Morgan fingerprint density at radius 1 is 1.17 bits per heavy atom. The maximum atomic E-state index is 12.7. The summed E-state index contributed by atoms with van der Waals surface area (Å²) in [5.74, 6) is 0.172. The van der Waals surface area contributed by atoms with Crippen LogP contribution in [0.4, 0.5) is 18.0 Å². The van der Waals surface area contributed by atoms with Crippen molar-refractivity contribution < 1.29 is 27.4 Å². The van der Waals surface area contributed by atoms with E-state index >= 15 is 0 Å². The largest absolute Gasteiger partial charge is 0.437 e. The van der Waals surface area contributed by atoms with Crippen LogP contribution in [0.2, 0.25) is 10.2 Å². The fraction of sp³-hybridized carbons (Fsp3) is 0.143. The zero-order valence-corrected chi connectivity index (χ0v) is 13.5. The van der Waals surface area contributed by atoms with Crippen LogP contribution in [0.1, 0.15) is 5.56 Å². The number of hydrogen-bond donors (Lipinski definition) is 1. The molecule has 0 aliphatic carbocycles. The summed E-state index contributed by atoms with van der Waals surface area (Å²) in [5, 5.41) is 1.15. The first-order valence-corrected chi connectivity index (χ1v) is 7.07. The van der Waals surface area contributed by atoms with Gasteiger partial charge >= 0.3 is 12.3 Å². The third kappa shape index (κ3) is 4.42. The lowest BCUT2D eigenvalue weighted by Crippen LogP contribution is -2.21. The summed E-state index contributed by atoms with van der Waals surface area (Å²) >= 11 is 11.3. The Morgan fingerprint density at radius 3 is 2.29 bits per heavy atom. The van der Waals surface area contributed by atoms with Crippen LogP contribution in [0.15, 0.2) is 30.3 Å². The predicted octanol–water partition coefficient (Wildman–Crippen LogP) is 4.92. The second kappa shape index (κ2) is 7.14. The molecule has 0 fully saturated rings. The van der Waals surface area contributed by atoms with Crippen molar-refractivity contribution in [2.24, 2.45) is 0 Å². The summed E-state index contributed by atoms with van der Waals surface area (Å²) in [5.41, 5.74) is -1.16. The zero-order valence-electron chi connectivity index (χ0n) is 11.9. The Bertz CT molecular complexity index is 752. The number of ether oxygens (including phenoxy) is 2. The molecule has 0 atom stereocenters. The first-order valence-electron chi connectivity index (χ1n) is 6.31. The van der Waals surface area contributed by atoms with E-state index in [1.807, 2.05) is 0 Å². The molecule has 10 heteroatoms. The number of carbonyl (C=O) groups is 1. The van der Waals surface area contributed by atoms with Gasteiger partial charge in [-0.15, -0.1) is 0 Å². The molecule has 1 heterocycles. The SMILES string of the molecule is CNC(=O)Oc1ccc(Oc2nc(Cl)c(C(F)(F)F)cc2Cl)cc1. The molecule has 0 aliphatic heterocycles. The molecule has 1 amide bonds. The number of carbonyl (C=O) groups excluding carboxylic acids is 1. The van der Waals surface area contributed by atoms with E-state index in [0.717, 1.165) is 0 Å². The first kappa shape index (κ1) is 18.2. The number of rotatable bonds is 3. The van der Waals surface area contributed by atoms with E-state index in [1.54, 1.807) is 0 Å². The Morgan fingerprint density at radius 2 is 1.75 bits per heavy atom. The van der Waals surface area contributed by atoms with E-state index in [4.69, 9.17) is 32.7 Å². The molecule has 0 saturated heterocycles. The van der Waals surface area contributed by atoms with Gasteiger partial charge < -0.3 is 14.8 Å². The number of hydrogen-bond acceptors (Lipinski definition) is 4. The molecule has 2 aromatic rings. The first-order chi connectivity index (χ1) is 11.2. The van der Waals surface area contributed by atoms with Crippen molar-refractivity contribution in [3.63, 3.8) is 0 Å². The summed E-state index contributed by atoms with van der Waals surface area (Å²) in [6.07, 6.45) is -5.33. The molecular weight excluding hydrogens is 372 g/mol. The van der Waals surface area contributed by atoms with Crippen LogP contribution in [0.3, 0.4) is 0 Å². The highest BCUT2D eigenvalue weighted by Crippen LogP contribution is 2.39. The van der Waals surface area contributed by atoms with Crippen LogP contribution in [-0.4, -0.2) is 18.1 Å². The quantitative estimate of drug-likeness (QED) is 0.767. The molecule has 1 aromatic heterocycles. The maximum Gasteiger partial charge on any atom is 0.419 e. The number of amides is 1. The Labute approximate surface area is 144 Å². The lowest BCUT2D eigenvalue weighted by molar-refractivity contribution is -0.137. The number of benzene rings is 1. The Hall–Kier alpha value is -2.19. The molecule has 0 spiro atoms. The molecule has 5 nitrogen and oxygen atoms in total. The molecule has 0 bridgehead atoms. The Kier molecular flexibility index (Phi) is 5.40. The van der Waals surface area contributed by atoms with Gasteiger partial charge in [-0.3, -0.25) is 0 Å². The van der Waals surface area contributed by atoms with Gasteiger partial charge in [0, 0.05) is 7.05 Å². The lowest BCUT2D eigenvalue weighted by atomic mass is 10.3. The summed E-state index contributed by atoms with van der Waals surface area (Å²) in [6, 6.07) is 6.31. The predicted molar refractivity (Wildman–Crippen MR) is 80.9 cm³/mol. The van der Waals surface area contributed by atoms with Crippen LogP contribution < -0.4 is 14.8 Å². The minimum Gasteiger partial charge on any atom is -0.437 e. The third-order valence-corrected chi connectivity index (χ3v) is 3.21. The van der Waals surface area contributed by atoms with Crippen LogP contribution >= 0.6 is 23.2 Å². The summed E-state index contributed by atoms with van der Waals surface area (Å²) in [7, 11) is 1.40. The molecule has 1 aromatic carbocycles. The van der Waals surface area contributed by atoms with Crippen LogP contribution in [0.25, 0.3) is 0 Å². The fourth-order valence-corrected chi connectivity index (χ4v) is 1.99. The van der Waals surface area contributed by atoms with E-state index in [-0.39, 0.29) is 22.4 Å². The van der Waals surface area contributed by atoms with Crippen molar-refractivity contribution in [1.29, 1.82) is 0 Å². The average Bonchev–Trinajstić information content (AvgIpc) is 2.51. The van der Waals surface area contributed by atoms with Crippen LogP contribution in [-0.2, 0) is 6.18 Å². The summed E-state index contributed by atoms with van der Waals surface area (Å²) < 4.78 is 48.2. The smallest absolute Gasteiger partial charge is 0.419 e. The number of alkyl halides is 3. The van der Waals surface area contributed by atoms with E-state index in [2.05, 4.69) is 10.3 Å². The molecule has 0 aliphatic rings. The van der Waals surface area contributed by atoms with Crippen molar-refractivity contribution in [3.05, 3.63) is 46.1 Å². The summed E-state index contributed by atoms with van der Waals surface area (Å²) in [6.45, 7) is 0. The van der Waals surface area contributed by atoms with Gasteiger partial charge in [0.2, 0.25) is 5.88 Å². The number of aromatic nitrogens is 1. The van der Waals surface area contributed by atoms with Gasteiger partial charge in [-0.25, -0.2) is 4.79 Å². The van der Waals surface area contributed by atoms with Crippen molar-refractivity contribution in [3.8, 4) is 17.4 Å². The van der Waals surface area contributed by atoms with Crippen molar-refractivity contribution in [2.45, 2.75) is 6.18 Å². The second-order valence-electron chi connectivity index (χ2n) is 4.32. The number of halogens is 5. The lowest BCUT2D eigenvalue weighted by Gasteiger charge is -2.12. The van der Waals surface area contributed by atoms with Gasteiger partial charge in [-0.2, -0.15) is 18.2 Å². The normalized spacial score (nSPS) is 11.1. The minimum atomic E-state index is -4.68. The molecular formula is C14H9Cl2F3N2O3. The highest BCUT2D eigenvalue weighted by atomic mass is 35.5. The zero-order chi connectivity index (χ0) is 17.9. The van der Waals surface area contributed by atoms with Gasteiger partial charge in [0.25, 0.3) is 0 Å². The van der Waals surface area contributed by atoms with Crippen molar-refractivity contribution in [2.75, 3.05) is 7.05 Å². The molecule has 0 saturated carbocycles. The average molecular weight is 381 g/mol. The standard InChI is InChI=1S/C14H9Cl2F3N2O3/c1-20-13(22)24-8-4-2-7(3-5-8)23-12-10(15)6-9(11(16)21-12)14(17,18)19/h2-6H,1H3,(H,20,22). The highest BCUT2D eigenvalue weighted by molar-refractivity contribution is 6.33. The van der Waals surface area contributed by atoms with E-state index < -0.39 is 23.0 Å². The molecule has 2 rings (SSSR count). The Balaban J connectivity index is 2.19. The van der Waals surface area contributed by atoms with Gasteiger partial charge in [-0.1, -0.05) is 23.2 Å².